The third-order valence-electron chi connectivity index (χ3n) is 5.64. The summed E-state index contributed by atoms with van der Waals surface area (Å²) in [6.07, 6.45) is 6.98. The predicted molar refractivity (Wildman–Crippen MR) is 105 cm³/mol. The lowest BCUT2D eigenvalue weighted by Crippen LogP contribution is -2.51. The normalized spacial score (nSPS) is 17.7. The minimum absolute atomic E-state index is 0.0226. The van der Waals surface area contributed by atoms with Gasteiger partial charge in [-0.2, -0.15) is 0 Å². The van der Waals surface area contributed by atoms with Crippen molar-refractivity contribution in [2.45, 2.75) is 64.0 Å². The highest BCUT2D eigenvalue weighted by Gasteiger charge is 2.43. The molecule has 3 aromatic rings. The van der Waals surface area contributed by atoms with Crippen LogP contribution in [0.5, 0.6) is 0 Å². The van der Waals surface area contributed by atoms with Gasteiger partial charge in [-0.25, -0.2) is 9.67 Å². The fraction of sp³-hybridized carbons (Fsp3) is 0.550. The van der Waals surface area contributed by atoms with Crippen molar-refractivity contribution in [3.8, 4) is 0 Å². The average Bonchev–Trinajstić information content (AvgIpc) is 3.37. The highest BCUT2D eigenvalue weighted by atomic mass is 16.2. The number of nitrogens with one attached hydrogen (secondary N) is 2. The number of fused-ring (bicyclic) bond motifs is 1. The number of tetrazole rings is 1. The van der Waals surface area contributed by atoms with Gasteiger partial charge in [-0.1, -0.05) is 45.2 Å². The highest BCUT2D eigenvalue weighted by molar-refractivity contribution is 5.85. The molecule has 1 amide bonds. The molecule has 0 saturated heterocycles. The Balaban J connectivity index is 1.64. The average molecular weight is 381 g/mol. The number of hydrogen-bond donors (Lipinski definition) is 2. The number of imidazole rings is 1. The van der Waals surface area contributed by atoms with Crippen molar-refractivity contribution in [1.82, 2.24) is 35.5 Å². The summed E-state index contributed by atoms with van der Waals surface area (Å²) >= 11 is 0. The number of benzene rings is 1. The lowest BCUT2D eigenvalue weighted by Gasteiger charge is -2.36. The van der Waals surface area contributed by atoms with Crippen LogP contribution >= 0.6 is 0 Å². The van der Waals surface area contributed by atoms with E-state index in [2.05, 4.69) is 39.7 Å². The number of aromatic amines is 1. The van der Waals surface area contributed by atoms with Gasteiger partial charge in [0.2, 0.25) is 5.91 Å². The van der Waals surface area contributed by atoms with Crippen molar-refractivity contribution in [2.24, 2.45) is 5.92 Å². The van der Waals surface area contributed by atoms with Gasteiger partial charge in [0.05, 0.1) is 17.1 Å². The molecule has 148 valence electrons. The quantitative estimate of drug-likeness (QED) is 0.683. The molecule has 2 aromatic heterocycles. The first kappa shape index (κ1) is 18.6. The smallest absolute Gasteiger partial charge is 0.248 e. The van der Waals surface area contributed by atoms with E-state index in [1.165, 1.54) is 0 Å². The third-order valence-corrected chi connectivity index (χ3v) is 5.64. The summed E-state index contributed by atoms with van der Waals surface area (Å²) in [5.41, 5.74) is 1.17. The molecule has 2 heterocycles. The van der Waals surface area contributed by atoms with Crippen LogP contribution in [0.25, 0.3) is 11.0 Å². The zero-order chi connectivity index (χ0) is 19.6. The monoisotopic (exact) mass is 381 g/mol. The van der Waals surface area contributed by atoms with Gasteiger partial charge in [-0.3, -0.25) is 4.79 Å². The maximum absolute atomic E-state index is 13.5. The van der Waals surface area contributed by atoms with Gasteiger partial charge in [0.1, 0.15) is 17.7 Å². The summed E-state index contributed by atoms with van der Waals surface area (Å²) in [4.78, 5) is 21.6. The number of rotatable bonds is 6. The van der Waals surface area contributed by atoms with Crippen LogP contribution in [0.1, 0.15) is 64.2 Å². The molecule has 1 fully saturated rings. The second kappa shape index (κ2) is 7.69. The first-order valence-corrected chi connectivity index (χ1v) is 10.1. The first-order chi connectivity index (χ1) is 13.6. The maximum atomic E-state index is 13.5. The van der Waals surface area contributed by atoms with Crippen molar-refractivity contribution < 1.29 is 4.79 Å². The molecule has 0 bridgehead atoms. The molecule has 1 atom stereocenters. The van der Waals surface area contributed by atoms with Gasteiger partial charge in [0.15, 0.2) is 0 Å². The Morgan fingerprint density at radius 1 is 1.25 bits per heavy atom. The Morgan fingerprint density at radius 3 is 2.71 bits per heavy atom. The van der Waals surface area contributed by atoms with E-state index in [0.29, 0.717) is 5.92 Å². The molecule has 28 heavy (non-hydrogen) atoms. The van der Waals surface area contributed by atoms with Gasteiger partial charge in [-0.15, -0.1) is 5.10 Å². The molecule has 1 saturated carbocycles. The van der Waals surface area contributed by atoms with E-state index in [9.17, 15) is 4.79 Å². The van der Waals surface area contributed by atoms with Crippen LogP contribution in [-0.2, 0) is 10.3 Å². The zero-order valence-corrected chi connectivity index (χ0v) is 16.4. The minimum Gasteiger partial charge on any atom is -0.344 e. The molecule has 4 rings (SSSR count). The van der Waals surface area contributed by atoms with Gasteiger partial charge in [0.25, 0.3) is 0 Å². The minimum atomic E-state index is -0.719. The second-order valence-electron chi connectivity index (χ2n) is 8.14. The van der Waals surface area contributed by atoms with Gasteiger partial charge < -0.3 is 10.3 Å². The number of para-hydroxylation sites is 2. The fourth-order valence-corrected chi connectivity index (χ4v) is 4.19. The van der Waals surface area contributed by atoms with Crippen LogP contribution in [0.4, 0.5) is 0 Å². The summed E-state index contributed by atoms with van der Waals surface area (Å²) in [7, 11) is 0. The molecular weight excluding hydrogens is 354 g/mol. The molecule has 0 aliphatic heterocycles. The van der Waals surface area contributed by atoms with Gasteiger partial charge >= 0.3 is 0 Å². The van der Waals surface area contributed by atoms with E-state index in [1.807, 2.05) is 24.3 Å². The molecule has 1 aliphatic carbocycles. The number of carbonyl (C=O) groups is 1. The van der Waals surface area contributed by atoms with E-state index in [4.69, 9.17) is 4.98 Å². The number of hydrogen-bond acceptors (Lipinski definition) is 5. The van der Waals surface area contributed by atoms with Crippen LogP contribution in [0.2, 0.25) is 0 Å². The van der Waals surface area contributed by atoms with Crippen LogP contribution in [-0.4, -0.2) is 36.1 Å². The van der Waals surface area contributed by atoms with E-state index in [1.54, 1.807) is 11.0 Å². The summed E-state index contributed by atoms with van der Waals surface area (Å²) < 4.78 is 1.65. The largest absolute Gasteiger partial charge is 0.344 e. The standard InChI is InChI=1S/C20H27N7O/c1-14(2)12-17(18-22-15-8-4-5-9-16(15)23-18)24-19(28)20(10-6-3-7-11-20)27-13-21-25-26-27/h4-5,8-9,13-14,17H,3,6-7,10-12H2,1-2H3,(H,22,23)(H,24,28). The van der Waals surface area contributed by atoms with E-state index in [-0.39, 0.29) is 11.9 Å². The molecule has 8 nitrogen and oxygen atoms in total. The topological polar surface area (TPSA) is 101 Å². The number of H-pyrrole nitrogens is 1. The number of amides is 1. The SMILES string of the molecule is CC(C)CC(NC(=O)C1(n2cnnn2)CCCCC1)c1nc2ccccc2[nH]1. The summed E-state index contributed by atoms with van der Waals surface area (Å²) in [6.45, 7) is 4.30. The molecule has 0 spiro atoms. The molecule has 1 unspecified atom stereocenters. The maximum Gasteiger partial charge on any atom is 0.248 e. The Morgan fingerprint density at radius 2 is 2.04 bits per heavy atom. The van der Waals surface area contributed by atoms with Crippen LogP contribution in [0.3, 0.4) is 0 Å². The Bertz CT molecular complexity index is 892. The van der Waals surface area contributed by atoms with E-state index in [0.717, 1.165) is 55.4 Å². The van der Waals surface area contributed by atoms with Crippen LogP contribution in [0.15, 0.2) is 30.6 Å². The van der Waals surface area contributed by atoms with Crippen molar-refractivity contribution in [1.29, 1.82) is 0 Å². The lowest BCUT2D eigenvalue weighted by molar-refractivity contribution is -0.133. The molecular formula is C20H27N7O. The first-order valence-electron chi connectivity index (χ1n) is 10.1. The number of aromatic nitrogens is 6. The summed E-state index contributed by atoms with van der Waals surface area (Å²) in [6, 6.07) is 7.75. The van der Waals surface area contributed by atoms with Crippen LogP contribution in [0, 0.1) is 5.92 Å². The third kappa shape index (κ3) is 3.50. The Hall–Kier alpha value is -2.77. The van der Waals surface area contributed by atoms with Gasteiger partial charge in [0, 0.05) is 0 Å². The highest BCUT2D eigenvalue weighted by Crippen LogP contribution is 2.35. The number of nitrogens with zero attached hydrogens (tertiary/aromatic N) is 5. The molecule has 1 aliphatic rings. The fourth-order valence-electron chi connectivity index (χ4n) is 4.19. The van der Waals surface area contributed by atoms with Crippen molar-refractivity contribution in [3.63, 3.8) is 0 Å². The molecule has 8 heteroatoms. The Labute approximate surface area is 164 Å². The molecule has 2 N–H and O–H groups in total. The van der Waals surface area contributed by atoms with Gasteiger partial charge in [-0.05, 0) is 47.7 Å². The molecule has 0 radical (unpaired) electrons. The second-order valence-corrected chi connectivity index (χ2v) is 8.14. The van der Waals surface area contributed by atoms with Crippen molar-refractivity contribution in [2.75, 3.05) is 0 Å². The van der Waals surface area contributed by atoms with Crippen molar-refractivity contribution >= 4 is 16.9 Å². The van der Waals surface area contributed by atoms with Crippen LogP contribution < -0.4 is 5.32 Å². The summed E-state index contributed by atoms with van der Waals surface area (Å²) in [5.74, 6) is 1.19. The number of carbonyl (C=O) groups excluding carboxylic acids is 1. The zero-order valence-electron chi connectivity index (χ0n) is 16.4. The predicted octanol–water partition coefficient (Wildman–Crippen LogP) is 3.11. The molecule has 1 aromatic carbocycles. The lowest BCUT2D eigenvalue weighted by atomic mass is 9.80. The van der Waals surface area contributed by atoms with E-state index < -0.39 is 5.54 Å². The van der Waals surface area contributed by atoms with Crippen molar-refractivity contribution in [3.05, 3.63) is 36.4 Å². The Kier molecular flexibility index (Phi) is 5.11. The summed E-state index contributed by atoms with van der Waals surface area (Å²) in [5, 5.41) is 14.9. The van der Waals surface area contributed by atoms with E-state index >= 15 is 0 Å².